The van der Waals surface area contributed by atoms with Gasteiger partial charge in [0.15, 0.2) is 5.82 Å². The van der Waals surface area contributed by atoms with Crippen LogP contribution in [-0.2, 0) is 4.74 Å². The number of hydrogen-bond donors (Lipinski definition) is 2. The Hall–Kier alpha value is -3.42. The fourth-order valence-electron chi connectivity index (χ4n) is 3.10. The molecule has 0 saturated carbocycles. The Balaban J connectivity index is 1.96. The third kappa shape index (κ3) is 4.21. The molecule has 1 amide bonds. The number of carbonyl (C=O) groups is 2. The summed E-state index contributed by atoms with van der Waals surface area (Å²) in [6.07, 6.45) is 4.07. The first-order chi connectivity index (χ1) is 14.0. The molecule has 8 nitrogen and oxygen atoms in total. The molecule has 0 unspecified atom stereocenters. The molecule has 1 aromatic carbocycles. The van der Waals surface area contributed by atoms with Gasteiger partial charge in [0.2, 0.25) is 0 Å². The number of carbonyl (C=O) groups excluding carboxylic acids is 2. The fraction of sp³-hybridized carbons (Fsp3) is 0.333. The maximum Gasteiger partial charge on any atom is 0.340 e. The van der Waals surface area contributed by atoms with Gasteiger partial charge < -0.3 is 15.4 Å². The molecule has 0 spiro atoms. The summed E-state index contributed by atoms with van der Waals surface area (Å²) in [5.41, 5.74) is 4.00. The first kappa shape index (κ1) is 20.3. The van der Waals surface area contributed by atoms with E-state index in [-0.39, 0.29) is 12.5 Å². The minimum atomic E-state index is -0.412. The molecule has 0 bridgehead atoms. The lowest BCUT2D eigenvalue weighted by Gasteiger charge is -2.12. The van der Waals surface area contributed by atoms with Gasteiger partial charge in [0.1, 0.15) is 11.8 Å². The second kappa shape index (κ2) is 8.72. The minimum absolute atomic E-state index is 0.0993. The van der Waals surface area contributed by atoms with Gasteiger partial charge in [-0.15, -0.1) is 0 Å². The van der Waals surface area contributed by atoms with E-state index in [0.717, 1.165) is 23.2 Å². The number of ether oxygens (including phenoxy) is 1. The molecule has 3 rings (SSSR count). The zero-order valence-corrected chi connectivity index (χ0v) is 17.1. The van der Waals surface area contributed by atoms with Gasteiger partial charge in [0.25, 0.3) is 5.91 Å². The van der Waals surface area contributed by atoms with Crippen LogP contribution in [0.3, 0.4) is 0 Å². The summed E-state index contributed by atoms with van der Waals surface area (Å²) < 4.78 is 6.81. The zero-order valence-electron chi connectivity index (χ0n) is 17.1. The fourth-order valence-corrected chi connectivity index (χ4v) is 3.10. The summed E-state index contributed by atoms with van der Waals surface area (Å²) in [5, 5.41) is 10.3. The second-order valence-corrected chi connectivity index (χ2v) is 6.72. The number of nitrogens with zero attached hydrogens (tertiary/aromatic N) is 3. The van der Waals surface area contributed by atoms with E-state index in [9.17, 15) is 9.59 Å². The molecule has 3 aromatic rings. The van der Waals surface area contributed by atoms with Crippen molar-refractivity contribution >= 4 is 28.9 Å². The van der Waals surface area contributed by atoms with Crippen molar-refractivity contribution in [2.24, 2.45) is 0 Å². The third-order valence-corrected chi connectivity index (χ3v) is 4.52. The van der Waals surface area contributed by atoms with Gasteiger partial charge >= 0.3 is 5.97 Å². The highest BCUT2D eigenvalue weighted by Gasteiger charge is 2.21. The Kier molecular flexibility index (Phi) is 6.11. The maximum atomic E-state index is 12.5. The van der Waals surface area contributed by atoms with Crippen LogP contribution in [0.1, 0.15) is 52.1 Å². The lowest BCUT2D eigenvalue weighted by molar-refractivity contribution is 0.0528. The molecule has 152 valence electrons. The molecule has 8 heteroatoms. The SMILES string of the molecule is CCCNC(=O)c1ccc(Nc2ncnn3cc(C)c(C(=O)OCC)c23)c(C)c1. The molecule has 0 aliphatic heterocycles. The standard InChI is InChI=1S/C21H25N5O3/c1-5-9-22-20(27)15-7-8-16(13(3)10-15)25-19-18-17(21(28)29-6-2)14(4)11-26(18)24-12-23-19/h7-8,10-12H,5-6,9H2,1-4H3,(H,22,27)(H,23,24,25). The van der Waals surface area contributed by atoms with Crippen molar-refractivity contribution in [1.82, 2.24) is 19.9 Å². The smallest absolute Gasteiger partial charge is 0.340 e. The summed E-state index contributed by atoms with van der Waals surface area (Å²) in [6.45, 7) is 8.44. The van der Waals surface area contributed by atoms with Crippen LogP contribution in [0.5, 0.6) is 0 Å². The first-order valence-corrected chi connectivity index (χ1v) is 9.62. The molecule has 2 heterocycles. The monoisotopic (exact) mass is 395 g/mol. The number of aromatic nitrogens is 3. The highest BCUT2D eigenvalue weighted by Crippen LogP contribution is 2.28. The zero-order chi connectivity index (χ0) is 21.0. The third-order valence-electron chi connectivity index (χ3n) is 4.52. The summed E-state index contributed by atoms with van der Waals surface area (Å²) in [6, 6.07) is 5.41. The number of hydrogen-bond acceptors (Lipinski definition) is 6. The van der Waals surface area contributed by atoms with Crippen molar-refractivity contribution in [1.29, 1.82) is 0 Å². The van der Waals surface area contributed by atoms with E-state index >= 15 is 0 Å². The molecule has 0 atom stereocenters. The predicted octanol–water partition coefficient (Wildman–Crippen LogP) is 3.41. The minimum Gasteiger partial charge on any atom is -0.462 e. The van der Waals surface area contributed by atoms with E-state index in [1.165, 1.54) is 6.33 Å². The Bertz CT molecular complexity index is 1060. The van der Waals surface area contributed by atoms with Gasteiger partial charge in [-0.2, -0.15) is 5.10 Å². The van der Waals surface area contributed by atoms with Crippen LogP contribution >= 0.6 is 0 Å². The average Bonchev–Trinajstić information content (AvgIpc) is 3.04. The number of amides is 1. The number of rotatable bonds is 7. The average molecular weight is 395 g/mol. The maximum absolute atomic E-state index is 12.5. The van der Waals surface area contributed by atoms with E-state index in [4.69, 9.17) is 4.74 Å². The molecular weight excluding hydrogens is 370 g/mol. The van der Waals surface area contributed by atoms with Gasteiger partial charge in [0, 0.05) is 24.0 Å². The first-order valence-electron chi connectivity index (χ1n) is 9.62. The normalized spacial score (nSPS) is 10.8. The molecule has 0 aliphatic rings. The lowest BCUT2D eigenvalue weighted by atomic mass is 10.1. The summed E-state index contributed by atoms with van der Waals surface area (Å²) >= 11 is 0. The van der Waals surface area contributed by atoms with Gasteiger partial charge in [-0.25, -0.2) is 14.3 Å². The van der Waals surface area contributed by atoms with Gasteiger partial charge in [-0.3, -0.25) is 4.79 Å². The van der Waals surface area contributed by atoms with Crippen molar-refractivity contribution in [3.05, 3.63) is 53.0 Å². The Morgan fingerprint density at radius 3 is 2.66 bits per heavy atom. The summed E-state index contributed by atoms with van der Waals surface area (Å²) in [7, 11) is 0. The molecule has 0 saturated heterocycles. The quantitative estimate of drug-likeness (QED) is 0.595. The predicted molar refractivity (Wildman–Crippen MR) is 111 cm³/mol. The van der Waals surface area contributed by atoms with E-state index in [0.29, 0.717) is 29.0 Å². The van der Waals surface area contributed by atoms with Crippen LogP contribution in [0.25, 0.3) is 5.52 Å². The van der Waals surface area contributed by atoms with Crippen molar-refractivity contribution in [3.8, 4) is 0 Å². The van der Waals surface area contributed by atoms with Gasteiger partial charge in [0.05, 0.1) is 12.2 Å². The number of benzene rings is 1. The van der Waals surface area contributed by atoms with Gasteiger partial charge in [-0.05, 0) is 56.5 Å². The molecule has 2 N–H and O–H groups in total. The number of fused-ring (bicyclic) bond motifs is 1. The van der Waals surface area contributed by atoms with Crippen LogP contribution in [-0.4, -0.2) is 39.6 Å². The number of nitrogens with one attached hydrogen (secondary N) is 2. The van der Waals surface area contributed by atoms with E-state index in [1.54, 1.807) is 23.7 Å². The van der Waals surface area contributed by atoms with Gasteiger partial charge in [-0.1, -0.05) is 6.92 Å². The van der Waals surface area contributed by atoms with Crippen LogP contribution in [0.4, 0.5) is 11.5 Å². The molecule has 0 radical (unpaired) electrons. The van der Waals surface area contributed by atoms with Crippen LogP contribution in [0, 0.1) is 13.8 Å². The van der Waals surface area contributed by atoms with E-state index in [2.05, 4.69) is 20.7 Å². The Labute approximate surface area is 169 Å². The molecule has 2 aromatic heterocycles. The van der Waals surface area contributed by atoms with Crippen LogP contribution in [0.15, 0.2) is 30.7 Å². The van der Waals surface area contributed by atoms with Crippen LogP contribution in [0.2, 0.25) is 0 Å². The lowest BCUT2D eigenvalue weighted by Crippen LogP contribution is -2.24. The van der Waals surface area contributed by atoms with Crippen LogP contribution < -0.4 is 10.6 Å². The molecule has 0 aliphatic carbocycles. The Morgan fingerprint density at radius 1 is 1.17 bits per heavy atom. The molecule has 0 fully saturated rings. The van der Waals surface area contributed by atoms with E-state index in [1.807, 2.05) is 32.9 Å². The molecule has 29 heavy (non-hydrogen) atoms. The summed E-state index contributed by atoms with van der Waals surface area (Å²) in [4.78, 5) is 29.0. The van der Waals surface area contributed by atoms with Crippen molar-refractivity contribution in [3.63, 3.8) is 0 Å². The second-order valence-electron chi connectivity index (χ2n) is 6.72. The highest BCUT2D eigenvalue weighted by molar-refractivity contribution is 6.02. The molecular formula is C21H25N5O3. The highest BCUT2D eigenvalue weighted by atomic mass is 16.5. The number of anilines is 2. The Morgan fingerprint density at radius 2 is 1.97 bits per heavy atom. The number of esters is 1. The largest absolute Gasteiger partial charge is 0.462 e. The number of aryl methyl sites for hydroxylation is 2. The summed E-state index contributed by atoms with van der Waals surface area (Å²) in [5.74, 6) is -0.0230. The topological polar surface area (TPSA) is 97.6 Å². The van der Waals surface area contributed by atoms with Crippen molar-refractivity contribution < 1.29 is 14.3 Å². The van der Waals surface area contributed by atoms with Crippen molar-refractivity contribution in [2.45, 2.75) is 34.1 Å². The van der Waals surface area contributed by atoms with Crippen molar-refractivity contribution in [2.75, 3.05) is 18.5 Å². The van der Waals surface area contributed by atoms with E-state index < -0.39 is 5.97 Å².